The second-order valence-electron chi connectivity index (χ2n) is 6.46. The Labute approximate surface area is 147 Å². The maximum absolute atomic E-state index is 8.22. The predicted octanol–water partition coefficient (Wildman–Crippen LogP) is 4.75. The first-order valence-corrected chi connectivity index (χ1v) is 8.33. The van der Waals surface area contributed by atoms with Gasteiger partial charge in [-0.1, -0.05) is 38.1 Å². The molecule has 0 radical (unpaired) electrons. The van der Waals surface area contributed by atoms with E-state index in [2.05, 4.69) is 40.7 Å². The Morgan fingerprint density at radius 3 is 2.58 bits per heavy atom. The fourth-order valence-corrected chi connectivity index (χ4v) is 2.84. The van der Waals surface area contributed by atoms with Gasteiger partial charge in [0.05, 0.1) is 5.69 Å². The largest absolute Gasteiger partial charge is 0.256 e. The molecule has 0 aliphatic heterocycles. The molecular weight excluding hydrogens is 292 g/mol. The Hall–Kier alpha value is -2.48. The van der Waals surface area contributed by atoms with Gasteiger partial charge in [0.1, 0.15) is 7.05 Å². The summed E-state index contributed by atoms with van der Waals surface area (Å²) in [6.07, 6.45) is 2.33. The molecule has 0 saturated heterocycles. The second-order valence-corrected chi connectivity index (χ2v) is 6.46. The van der Waals surface area contributed by atoms with Crippen molar-refractivity contribution in [2.45, 2.75) is 27.1 Å². The summed E-state index contributed by atoms with van der Waals surface area (Å²) < 4.78 is 18.5. The van der Waals surface area contributed by atoms with E-state index in [4.69, 9.17) is 2.74 Å². The first-order chi connectivity index (χ1) is 12.3. The van der Waals surface area contributed by atoms with Crippen molar-refractivity contribution < 1.29 is 7.31 Å². The van der Waals surface area contributed by atoms with Crippen LogP contribution in [-0.4, -0.2) is 4.98 Å². The number of rotatable bonds is 4. The van der Waals surface area contributed by atoms with Crippen molar-refractivity contribution in [2.24, 2.45) is 13.0 Å². The van der Waals surface area contributed by atoms with Gasteiger partial charge < -0.3 is 0 Å². The average molecular weight is 319 g/mol. The second kappa shape index (κ2) is 6.96. The van der Waals surface area contributed by atoms with E-state index in [1.54, 1.807) is 6.20 Å². The van der Waals surface area contributed by atoms with E-state index in [9.17, 15) is 0 Å². The molecule has 122 valence electrons. The van der Waals surface area contributed by atoms with Crippen molar-refractivity contribution in [3.8, 4) is 22.5 Å². The molecule has 24 heavy (non-hydrogen) atoms. The highest BCUT2D eigenvalue weighted by Gasteiger charge is 2.14. The SMILES string of the molecule is [2H]C([2H])(c1ccc(-c2cc[n+](C)c(-c3ccccc3C)c2)nc1)C(C)C. The molecule has 0 fully saturated rings. The van der Waals surface area contributed by atoms with Crippen molar-refractivity contribution in [1.29, 1.82) is 0 Å². The van der Waals surface area contributed by atoms with Crippen LogP contribution in [0.3, 0.4) is 0 Å². The minimum absolute atomic E-state index is 0.0985. The van der Waals surface area contributed by atoms with Gasteiger partial charge in [-0.25, -0.2) is 4.57 Å². The normalized spacial score (nSPS) is 12.9. The van der Waals surface area contributed by atoms with Gasteiger partial charge in [-0.2, -0.15) is 0 Å². The van der Waals surface area contributed by atoms with Gasteiger partial charge >= 0.3 is 0 Å². The minimum atomic E-state index is -1.37. The molecule has 2 aromatic heterocycles. The standard InChI is InChI=1S/C22H25N2/c1-16(2)13-18-9-10-21(23-15-18)19-11-12-24(4)22(14-19)20-8-6-5-7-17(20)3/h5-12,14-16H,13H2,1-4H3/q+1/i13D2. The van der Waals surface area contributed by atoms with Crippen LogP contribution in [0.15, 0.2) is 60.9 Å². The lowest BCUT2D eigenvalue weighted by atomic mass is 10.0. The lowest BCUT2D eigenvalue weighted by molar-refractivity contribution is -0.660. The Balaban J connectivity index is 2.01. The van der Waals surface area contributed by atoms with Crippen LogP contribution in [0.1, 0.15) is 27.7 Å². The van der Waals surface area contributed by atoms with Gasteiger partial charge in [0.25, 0.3) is 0 Å². The first kappa shape index (κ1) is 13.9. The molecule has 0 bridgehead atoms. The lowest BCUT2D eigenvalue weighted by Crippen LogP contribution is -2.30. The first-order valence-electron chi connectivity index (χ1n) is 9.33. The summed E-state index contributed by atoms with van der Waals surface area (Å²) in [5.41, 5.74) is 6.06. The Bertz CT molecular complexity index is 916. The highest BCUT2D eigenvalue weighted by Crippen LogP contribution is 2.24. The Kier molecular flexibility index (Phi) is 4.03. The molecule has 1 aromatic carbocycles. The van der Waals surface area contributed by atoms with Crippen molar-refractivity contribution in [1.82, 2.24) is 4.98 Å². The molecule has 2 heteroatoms. The van der Waals surface area contributed by atoms with E-state index in [0.29, 0.717) is 5.56 Å². The topological polar surface area (TPSA) is 16.8 Å². The Morgan fingerprint density at radius 2 is 1.92 bits per heavy atom. The molecule has 3 aromatic rings. The number of pyridine rings is 2. The van der Waals surface area contributed by atoms with Crippen molar-refractivity contribution >= 4 is 0 Å². The van der Waals surface area contributed by atoms with Gasteiger partial charge in [0.15, 0.2) is 6.20 Å². The third kappa shape index (κ3) is 3.53. The van der Waals surface area contributed by atoms with Crippen molar-refractivity contribution in [3.05, 3.63) is 72.1 Å². The number of aryl methyl sites for hydroxylation is 2. The molecule has 0 saturated carbocycles. The predicted molar refractivity (Wildman–Crippen MR) is 99.6 cm³/mol. The summed E-state index contributed by atoms with van der Waals surface area (Å²) in [6.45, 7) is 5.89. The zero-order chi connectivity index (χ0) is 18.9. The lowest BCUT2D eigenvalue weighted by Gasteiger charge is -2.08. The molecule has 0 aliphatic rings. The summed E-state index contributed by atoms with van der Waals surface area (Å²) in [4.78, 5) is 4.54. The van der Waals surface area contributed by atoms with Crippen LogP contribution < -0.4 is 4.57 Å². The molecule has 0 spiro atoms. The van der Waals surface area contributed by atoms with Crippen molar-refractivity contribution in [2.75, 3.05) is 0 Å². The quantitative estimate of drug-likeness (QED) is 0.634. The fraction of sp³-hybridized carbons (Fsp3) is 0.273. The fourth-order valence-electron chi connectivity index (χ4n) is 2.84. The van der Waals surface area contributed by atoms with E-state index in [0.717, 1.165) is 17.0 Å². The van der Waals surface area contributed by atoms with Gasteiger partial charge in [-0.3, -0.25) is 4.98 Å². The minimum Gasteiger partial charge on any atom is -0.256 e. The van der Waals surface area contributed by atoms with Crippen LogP contribution in [0.5, 0.6) is 0 Å². The smallest absolute Gasteiger partial charge is 0.213 e. The molecule has 2 nitrogen and oxygen atoms in total. The maximum atomic E-state index is 8.22. The van der Waals surface area contributed by atoms with E-state index in [-0.39, 0.29) is 5.92 Å². The zero-order valence-electron chi connectivity index (χ0n) is 16.7. The van der Waals surface area contributed by atoms with E-state index >= 15 is 0 Å². The van der Waals surface area contributed by atoms with Gasteiger partial charge in [-0.15, -0.1) is 0 Å². The number of hydrogen-bond donors (Lipinski definition) is 0. The number of nitrogens with zero attached hydrogens (tertiary/aromatic N) is 2. The monoisotopic (exact) mass is 319 g/mol. The molecule has 0 unspecified atom stereocenters. The third-order valence-corrected chi connectivity index (χ3v) is 4.09. The third-order valence-electron chi connectivity index (χ3n) is 4.09. The molecule has 3 rings (SSSR count). The van der Waals surface area contributed by atoms with E-state index in [1.807, 2.05) is 51.4 Å². The molecule has 2 heterocycles. The molecule has 0 atom stereocenters. The summed E-state index contributed by atoms with van der Waals surface area (Å²) in [7, 11) is 2.04. The number of hydrogen-bond acceptors (Lipinski definition) is 1. The molecule has 0 amide bonds. The number of aromatic nitrogens is 2. The van der Waals surface area contributed by atoms with Crippen LogP contribution >= 0.6 is 0 Å². The van der Waals surface area contributed by atoms with Crippen LogP contribution in [0, 0.1) is 12.8 Å². The highest BCUT2D eigenvalue weighted by molar-refractivity contribution is 5.68. The van der Waals surface area contributed by atoms with Gasteiger partial charge in [-0.05, 0) is 42.5 Å². The van der Waals surface area contributed by atoms with Gasteiger partial charge in [0, 0.05) is 32.2 Å². The molecular formula is C22H25N2+. The molecule has 0 aliphatic carbocycles. The summed E-state index contributed by atoms with van der Waals surface area (Å²) in [5.74, 6) is -0.0985. The summed E-state index contributed by atoms with van der Waals surface area (Å²) in [5, 5.41) is 0. The van der Waals surface area contributed by atoms with Crippen molar-refractivity contribution in [3.63, 3.8) is 0 Å². The Morgan fingerprint density at radius 1 is 1.12 bits per heavy atom. The zero-order valence-corrected chi connectivity index (χ0v) is 14.7. The molecule has 0 N–H and O–H groups in total. The number of benzene rings is 1. The van der Waals surface area contributed by atoms with E-state index < -0.39 is 6.37 Å². The maximum Gasteiger partial charge on any atom is 0.213 e. The van der Waals surface area contributed by atoms with Crippen LogP contribution in [0.25, 0.3) is 22.5 Å². The summed E-state index contributed by atoms with van der Waals surface area (Å²) >= 11 is 0. The van der Waals surface area contributed by atoms with Crippen LogP contribution in [-0.2, 0) is 13.4 Å². The van der Waals surface area contributed by atoms with Crippen LogP contribution in [0.2, 0.25) is 0 Å². The van der Waals surface area contributed by atoms with Crippen LogP contribution in [0.4, 0.5) is 0 Å². The highest BCUT2D eigenvalue weighted by atomic mass is 14.9. The average Bonchev–Trinajstić information content (AvgIpc) is 2.63. The van der Waals surface area contributed by atoms with Gasteiger partial charge in [0.2, 0.25) is 5.69 Å². The van der Waals surface area contributed by atoms with E-state index in [1.165, 1.54) is 11.1 Å². The summed E-state index contributed by atoms with van der Waals surface area (Å²) in [6, 6.07) is 16.3.